The lowest BCUT2D eigenvalue weighted by molar-refractivity contribution is -0.115. The zero-order valence-corrected chi connectivity index (χ0v) is 17.3. The topological polar surface area (TPSA) is 58.6 Å². The first-order valence-electron chi connectivity index (χ1n) is 9.40. The Kier molecular flexibility index (Phi) is 5.90. The lowest BCUT2D eigenvalue weighted by atomic mass is 10.1. The summed E-state index contributed by atoms with van der Waals surface area (Å²) in [6.07, 6.45) is 0. The minimum absolute atomic E-state index is 0.0223. The van der Waals surface area contributed by atoms with Gasteiger partial charge in [0, 0.05) is 17.3 Å². The summed E-state index contributed by atoms with van der Waals surface area (Å²) in [6.45, 7) is 0. The highest BCUT2D eigenvalue weighted by molar-refractivity contribution is 8.00. The number of hydrogen-bond donors (Lipinski definition) is 1. The fourth-order valence-corrected chi connectivity index (χ4v) is 4.48. The monoisotopic (exact) mass is 440 g/mol. The van der Waals surface area contributed by atoms with E-state index in [9.17, 15) is 18.4 Å². The van der Waals surface area contributed by atoms with Crippen LogP contribution in [0.5, 0.6) is 5.75 Å². The molecule has 158 valence electrons. The fourth-order valence-electron chi connectivity index (χ4n) is 3.32. The molecule has 8 heteroatoms. The van der Waals surface area contributed by atoms with E-state index in [-0.39, 0.29) is 23.3 Å². The van der Waals surface area contributed by atoms with E-state index >= 15 is 0 Å². The van der Waals surface area contributed by atoms with Gasteiger partial charge in [0.2, 0.25) is 5.91 Å². The first-order valence-corrected chi connectivity index (χ1v) is 10.5. The van der Waals surface area contributed by atoms with Gasteiger partial charge in [0.05, 0.1) is 18.6 Å². The number of ether oxygens (including phenoxy) is 1. The van der Waals surface area contributed by atoms with Gasteiger partial charge in [-0.1, -0.05) is 12.1 Å². The van der Waals surface area contributed by atoms with Gasteiger partial charge in [-0.25, -0.2) is 8.78 Å². The van der Waals surface area contributed by atoms with Crippen molar-refractivity contribution < 1.29 is 23.1 Å². The SMILES string of the molecule is COc1ccc(C(=O)Nc2cccc([C@@H]3SCC(=O)N3c3ccc(F)cc3F)c2)cc1. The molecule has 5 nitrogen and oxygen atoms in total. The summed E-state index contributed by atoms with van der Waals surface area (Å²) in [4.78, 5) is 26.3. The molecule has 1 aliphatic rings. The molecule has 0 aromatic heterocycles. The predicted molar refractivity (Wildman–Crippen MR) is 116 cm³/mol. The number of thioether (sulfide) groups is 1. The van der Waals surface area contributed by atoms with E-state index in [0.29, 0.717) is 22.6 Å². The highest BCUT2D eigenvalue weighted by Gasteiger charge is 2.35. The van der Waals surface area contributed by atoms with Crippen LogP contribution in [0.25, 0.3) is 0 Å². The molecule has 1 saturated heterocycles. The van der Waals surface area contributed by atoms with Crippen molar-refractivity contribution in [2.24, 2.45) is 0 Å². The molecule has 3 aromatic carbocycles. The van der Waals surface area contributed by atoms with E-state index in [1.807, 2.05) is 0 Å². The van der Waals surface area contributed by atoms with E-state index in [2.05, 4.69) is 5.32 Å². The summed E-state index contributed by atoms with van der Waals surface area (Å²) >= 11 is 1.34. The van der Waals surface area contributed by atoms with Crippen LogP contribution >= 0.6 is 11.8 Å². The van der Waals surface area contributed by atoms with Crippen molar-refractivity contribution in [1.82, 2.24) is 0 Å². The number of nitrogens with zero attached hydrogens (tertiary/aromatic N) is 1. The predicted octanol–water partition coefficient (Wildman–Crippen LogP) is 5.00. The summed E-state index contributed by atoms with van der Waals surface area (Å²) < 4.78 is 32.8. The van der Waals surface area contributed by atoms with Crippen LogP contribution in [0, 0.1) is 11.6 Å². The Morgan fingerprint density at radius 1 is 1.10 bits per heavy atom. The Morgan fingerprint density at radius 3 is 2.58 bits per heavy atom. The minimum atomic E-state index is -0.801. The number of rotatable bonds is 5. The Labute approximate surface area is 182 Å². The second-order valence-electron chi connectivity index (χ2n) is 6.83. The average Bonchev–Trinajstić information content (AvgIpc) is 3.15. The molecule has 1 N–H and O–H groups in total. The zero-order valence-electron chi connectivity index (χ0n) is 16.5. The third-order valence-corrected chi connectivity index (χ3v) is 6.03. The number of hydrogen-bond acceptors (Lipinski definition) is 4. The highest BCUT2D eigenvalue weighted by atomic mass is 32.2. The Balaban J connectivity index is 1.58. The molecule has 0 aliphatic carbocycles. The Bertz CT molecular complexity index is 1140. The second kappa shape index (κ2) is 8.77. The van der Waals surface area contributed by atoms with Crippen molar-refractivity contribution >= 4 is 35.0 Å². The number of anilines is 2. The molecule has 0 spiro atoms. The molecule has 1 aliphatic heterocycles. The first-order chi connectivity index (χ1) is 15.0. The molecule has 0 saturated carbocycles. The van der Waals surface area contributed by atoms with Crippen LogP contribution in [-0.4, -0.2) is 24.7 Å². The van der Waals surface area contributed by atoms with Crippen molar-refractivity contribution in [2.45, 2.75) is 5.37 Å². The molecule has 2 amide bonds. The number of nitrogens with one attached hydrogen (secondary N) is 1. The van der Waals surface area contributed by atoms with Gasteiger partial charge in [0.15, 0.2) is 0 Å². The second-order valence-corrected chi connectivity index (χ2v) is 7.90. The summed E-state index contributed by atoms with van der Waals surface area (Å²) in [7, 11) is 1.55. The first kappa shape index (κ1) is 20.9. The largest absolute Gasteiger partial charge is 0.497 e. The van der Waals surface area contributed by atoms with Crippen molar-refractivity contribution in [3.05, 3.63) is 89.5 Å². The molecule has 31 heavy (non-hydrogen) atoms. The Hall–Kier alpha value is -3.39. The van der Waals surface area contributed by atoms with E-state index in [0.717, 1.165) is 12.1 Å². The summed E-state index contributed by atoms with van der Waals surface area (Å²) in [6, 6.07) is 16.9. The molecule has 4 rings (SSSR count). The quantitative estimate of drug-likeness (QED) is 0.606. The minimum Gasteiger partial charge on any atom is -0.497 e. The molecule has 0 unspecified atom stereocenters. The molecule has 1 fully saturated rings. The van der Waals surface area contributed by atoms with Crippen LogP contribution in [0.3, 0.4) is 0 Å². The van der Waals surface area contributed by atoms with Gasteiger partial charge >= 0.3 is 0 Å². The van der Waals surface area contributed by atoms with Crippen LogP contribution in [0.1, 0.15) is 21.3 Å². The van der Waals surface area contributed by atoms with Gasteiger partial charge in [0.25, 0.3) is 5.91 Å². The van der Waals surface area contributed by atoms with Crippen LogP contribution in [0.4, 0.5) is 20.2 Å². The number of halogens is 2. The summed E-state index contributed by atoms with van der Waals surface area (Å²) in [5.74, 6) is -1.26. The lowest BCUT2D eigenvalue weighted by Crippen LogP contribution is -2.28. The van der Waals surface area contributed by atoms with Crippen molar-refractivity contribution in [2.75, 3.05) is 23.1 Å². The van der Waals surface area contributed by atoms with Crippen LogP contribution in [-0.2, 0) is 4.79 Å². The van der Waals surface area contributed by atoms with E-state index in [4.69, 9.17) is 4.74 Å². The van der Waals surface area contributed by atoms with E-state index < -0.39 is 17.0 Å². The molecular weight excluding hydrogens is 422 g/mol. The number of carbonyl (C=O) groups is 2. The number of benzene rings is 3. The maximum atomic E-state index is 14.3. The molecule has 1 heterocycles. The summed E-state index contributed by atoms with van der Waals surface area (Å²) in [5, 5.41) is 2.33. The zero-order chi connectivity index (χ0) is 22.0. The smallest absolute Gasteiger partial charge is 0.255 e. The molecule has 3 aromatic rings. The van der Waals surface area contributed by atoms with Gasteiger partial charge in [0.1, 0.15) is 22.8 Å². The highest BCUT2D eigenvalue weighted by Crippen LogP contribution is 2.43. The third-order valence-electron chi connectivity index (χ3n) is 4.82. The standard InChI is InChI=1S/C23H18F2N2O3S/c1-30-18-8-5-14(6-9-18)22(29)26-17-4-2-3-15(11-17)23-27(21(28)13-31-23)20-10-7-16(24)12-19(20)25/h2-12,23H,13H2,1H3,(H,26,29)/t23-/m0/s1. The average molecular weight is 440 g/mol. The van der Waals surface area contributed by atoms with Crippen LogP contribution < -0.4 is 15.0 Å². The van der Waals surface area contributed by atoms with Crippen LogP contribution in [0.15, 0.2) is 66.7 Å². The van der Waals surface area contributed by atoms with Crippen molar-refractivity contribution in [3.63, 3.8) is 0 Å². The maximum Gasteiger partial charge on any atom is 0.255 e. The fraction of sp³-hybridized carbons (Fsp3) is 0.130. The van der Waals surface area contributed by atoms with Crippen molar-refractivity contribution in [1.29, 1.82) is 0 Å². The van der Waals surface area contributed by atoms with Crippen molar-refractivity contribution in [3.8, 4) is 5.75 Å². The van der Waals surface area contributed by atoms with Gasteiger partial charge < -0.3 is 10.1 Å². The number of amides is 2. The van der Waals surface area contributed by atoms with Gasteiger partial charge in [-0.05, 0) is 54.1 Å². The summed E-state index contributed by atoms with van der Waals surface area (Å²) in [5.41, 5.74) is 1.74. The molecule has 0 bridgehead atoms. The van der Waals surface area contributed by atoms with Gasteiger partial charge in [-0.15, -0.1) is 11.8 Å². The van der Waals surface area contributed by atoms with E-state index in [1.54, 1.807) is 55.6 Å². The van der Waals surface area contributed by atoms with Crippen LogP contribution in [0.2, 0.25) is 0 Å². The Morgan fingerprint density at radius 2 is 1.87 bits per heavy atom. The number of carbonyl (C=O) groups excluding carboxylic acids is 2. The van der Waals surface area contributed by atoms with Gasteiger partial charge in [-0.2, -0.15) is 0 Å². The normalized spacial score (nSPS) is 15.8. The molecule has 1 atom stereocenters. The third kappa shape index (κ3) is 4.39. The lowest BCUT2D eigenvalue weighted by Gasteiger charge is -2.25. The maximum absolute atomic E-state index is 14.3. The van der Waals surface area contributed by atoms with E-state index in [1.165, 1.54) is 22.7 Å². The van der Waals surface area contributed by atoms with Gasteiger partial charge in [-0.3, -0.25) is 14.5 Å². The molecule has 0 radical (unpaired) electrons. The number of methoxy groups -OCH3 is 1. The molecular formula is C23H18F2N2O3S.